The summed E-state index contributed by atoms with van der Waals surface area (Å²) < 4.78 is 0. The first-order valence-electron chi connectivity index (χ1n) is 5.79. The number of carbonyl (C=O) groups is 1. The standard InChI is InChI=1S/C14H17NO/c1-2-12-5-3-6-13(11-12)8-10-15-9-4-7-14(15)16/h2-3,5-6,11H,1,4,7-10H2. The topological polar surface area (TPSA) is 20.3 Å². The van der Waals surface area contributed by atoms with Gasteiger partial charge in [-0.25, -0.2) is 0 Å². The minimum Gasteiger partial charge on any atom is -0.342 e. The van der Waals surface area contributed by atoms with Gasteiger partial charge in [0.1, 0.15) is 0 Å². The number of hydrogen-bond acceptors (Lipinski definition) is 1. The lowest BCUT2D eigenvalue weighted by Crippen LogP contribution is -2.26. The van der Waals surface area contributed by atoms with Crippen molar-refractivity contribution in [3.8, 4) is 0 Å². The second-order valence-corrected chi connectivity index (χ2v) is 4.18. The molecule has 0 N–H and O–H groups in total. The largest absolute Gasteiger partial charge is 0.342 e. The monoisotopic (exact) mass is 215 g/mol. The second kappa shape index (κ2) is 4.97. The van der Waals surface area contributed by atoms with Crippen LogP contribution in [0.3, 0.4) is 0 Å². The number of likely N-dealkylation sites (tertiary alicyclic amines) is 1. The molecule has 0 saturated carbocycles. The molecular weight excluding hydrogens is 198 g/mol. The van der Waals surface area contributed by atoms with E-state index in [2.05, 4.69) is 18.7 Å². The normalized spacial score (nSPS) is 15.5. The van der Waals surface area contributed by atoms with Gasteiger partial charge in [-0.2, -0.15) is 0 Å². The summed E-state index contributed by atoms with van der Waals surface area (Å²) in [4.78, 5) is 13.4. The van der Waals surface area contributed by atoms with Gasteiger partial charge in [0, 0.05) is 19.5 Å². The third kappa shape index (κ3) is 2.51. The first kappa shape index (κ1) is 10.9. The molecule has 2 rings (SSSR count). The minimum atomic E-state index is 0.305. The molecule has 1 aliphatic heterocycles. The minimum absolute atomic E-state index is 0.305. The van der Waals surface area contributed by atoms with Crippen molar-refractivity contribution >= 4 is 12.0 Å². The van der Waals surface area contributed by atoms with Crippen molar-refractivity contribution in [2.45, 2.75) is 19.3 Å². The quantitative estimate of drug-likeness (QED) is 0.755. The molecule has 0 aliphatic carbocycles. The van der Waals surface area contributed by atoms with Crippen molar-refractivity contribution in [3.63, 3.8) is 0 Å². The molecule has 1 aromatic carbocycles. The van der Waals surface area contributed by atoms with Gasteiger partial charge in [-0.3, -0.25) is 4.79 Å². The summed E-state index contributed by atoms with van der Waals surface area (Å²) in [5.74, 6) is 0.305. The Hall–Kier alpha value is -1.57. The van der Waals surface area contributed by atoms with E-state index in [0.29, 0.717) is 5.91 Å². The van der Waals surface area contributed by atoms with Crippen molar-refractivity contribution in [3.05, 3.63) is 42.0 Å². The first-order valence-corrected chi connectivity index (χ1v) is 5.79. The summed E-state index contributed by atoms with van der Waals surface area (Å²) in [7, 11) is 0. The Morgan fingerprint density at radius 1 is 1.44 bits per heavy atom. The summed E-state index contributed by atoms with van der Waals surface area (Å²) in [6, 6.07) is 8.32. The maximum Gasteiger partial charge on any atom is 0.222 e. The average Bonchev–Trinajstić information content (AvgIpc) is 2.72. The molecule has 0 unspecified atom stereocenters. The van der Waals surface area contributed by atoms with Crippen molar-refractivity contribution in [2.24, 2.45) is 0 Å². The highest BCUT2D eigenvalue weighted by Gasteiger charge is 2.19. The van der Waals surface area contributed by atoms with E-state index in [1.54, 1.807) is 0 Å². The van der Waals surface area contributed by atoms with Gasteiger partial charge < -0.3 is 4.90 Å². The summed E-state index contributed by atoms with van der Waals surface area (Å²) >= 11 is 0. The van der Waals surface area contributed by atoms with Gasteiger partial charge in [-0.05, 0) is 24.0 Å². The number of nitrogens with zero attached hydrogens (tertiary/aromatic N) is 1. The highest BCUT2D eigenvalue weighted by atomic mass is 16.2. The summed E-state index contributed by atoms with van der Waals surface area (Å²) in [5.41, 5.74) is 2.42. The molecule has 1 fully saturated rings. The number of rotatable bonds is 4. The molecule has 0 bridgehead atoms. The van der Waals surface area contributed by atoms with Gasteiger partial charge in [-0.15, -0.1) is 0 Å². The van der Waals surface area contributed by atoms with Crippen LogP contribution in [0.2, 0.25) is 0 Å². The molecule has 0 aromatic heterocycles. The molecule has 1 aliphatic rings. The van der Waals surface area contributed by atoms with Crippen LogP contribution in [0.1, 0.15) is 24.0 Å². The molecule has 0 spiro atoms. The zero-order chi connectivity index (χ0) is 11.4. The zero-order valence-electron chi connectivity index (χ0n) is 9.48. The molecule has 84 valence electrons. The number of hydrogen-bond donors (Lipinski definition) is 0. The van der Waals surface area contributed by atoms with Gasteiger partial charge >= 0.3 is 0 Å². The summed E-state index contributed by atoms with van der Waals surface area (Å²) in [5, 5.41) is 0. The van der Waals surface area contributed by atoms with E-state index in [-0.39, 0.29) is 0 Å². The number of carbonyl (C=O) groups excluding carboxylic acids is 1. The van der Waals surface area contributed by atoms with Crippen molar-refractivity contribution in [2.75, 3.05) is 13.1 Å². The van der Waals surface area contributed by atoms with Crippen LogP contribution in [0.25, 0.3) is 6.08 Å². The second-order valence-electron chi connectivity index (χ2n) is 4.18. The Kier molecular flexibility index (Phi) is 3.40. The highest BCUT2D eigenvalue weighted by Crippen LogP contribution is 2.12. The number of benzene rings is 1. The Balaban J connectivity index is 1.93. The fraction of sp³-hybridized carbons (Fsp3) is 0.357. The molecule has 2 nitrogen and oxygen atoms in total. The lowest BCUT2D eigenvalue weighted by atomic mass is 10.1. The number of amides is 1. The molecule has 1 heterocycles. The first-order chi connectivity index (χ1) is 7.79. The zero-order valence-corrected chi connectivity index (χ0v) is 9.48. The van der Waals surface area contributed by atoms with Crippen molar-refractivity contribution in [1.29, 1.82) is 0 Å². The lowest BCUT2D eigenvalue weighted by Gasteiger charge is -2.15. The van der Waals surface area contributed by atoms with E-state index in [1.165, 1.54) is 5.56 Å². The Labute approximate surface area is 96.6 Å². The summed E-state index contributed by atoms with van der Waals surface area (Å²) in [6.07, 6.45) is 4.54. The molecule has 0 radical (unpaired) electrons. The Morgan fingerprint density at radius 3 is 3.00 bits per heavy atom. The van der Waals surface area contributed by atoms with Crippen LogP contribution in [-0.4, -0.2) is 23.9 Å². The molecular formula is C14H17NO. The Morgan fingerprint density at radius 2 is 2.31 bits per heavy atom. The van der Waals surface area contributed by atoms with Crippen LogP contribution < -0.4 is 0 Å². The van der Waals surface area contributed by atoms with Gasteiger partial charge in [0.05, 0.1) is 0 Å². The summed E-state index contributed by atoms with van der Waals surface area (Å²) in [6.45, 7) is 5.53. The van der Waals surface area contributed by atoms with E-state index in [9.17, 15) is 4.79 Å². The third-order valence-electron chi connectivity index (χ3n) is 3.03. The van der Waals surface area contributed by atoms with Crippen molar-refractivity contribution < 1.29 is 4.79 Å². The van der Waals surface area contributed by atoms with Crippen LogP contribution in [0.5, 0.6) is 0 Å². The highest BCUT2D eigenvalue weighted by molar-refractivity contribution is 5.78. The van der Waals surface area contributed by atoms with E-state index in [1.807, 2.05) is 23.1 Å². The molecule has 16 heavy (non-hydrogen) atoms. The maximum absolute atomic E-state index is 11.4. The van der Waals surface area contributed by atoms with Gasteiger partial charge in [0.25, 0.3) is 0 Å². The van der Waals surface area contributed by atoms with Crippen LogP contribution in [-0.2, 0) is 11.2 Å². The predicted octanol–water partition coefficient (Wildman–Crippen LogP) is 2.49. The lowest BCUT2D eigenvalue weighted by molar-refractivity contribution is -0.127. The molecule has 0 atom stereocenters. The average molecular weight is 215 g/mol. The Bertz CT molecular complexity index is 397. The maximum atomic E-state index is 11.4. The van der Waals surface area contributed by atoms with E-state index >= 15 is 0 Å². The fourth-order valence-corrected chi connectivity index (χ4v) is 2.08. The molecule has 2 heteroatoms. The van der Waals surface area contributed by atoms with E-state index in [0.717, 1.165) is 37.9 Å². The third-order valence-corrected chi connectivity index (χ3v) is 3.03. The van der Waals surface area contributed by atoms with Gasteiger partial charge in [-0.1, -0.05) is 36.9 Å². The molecule has 1 saturated heterocycles. The predicted molar refractivity (Wildman–Crippen MR) is 66.1 cm³/mol. The van der Waals surface area contributed by atoms with Crippen LogP contribution in [0, 0.1) is 0 Å². The van der Waals surface area contributed by atoms with E-state index in [4.69, 9.17) is 0 Å². The van der Waals surface area contributed by atoms with Gasteiger partial charge in [0.15, 0.2) is 0 Å². The van der Waals surface area contributed by atoms with Crippen LogP contribution in [0.4, 0.5) is 0 Å². The van der Waals surface area contributed by atoms with E-state index < -0.39 is 0 Å². The fourth-order valence-electron chi connectivity index (χ4n) is 2.08. The van der Waals surface area contributed by atoms with Crippen LogP contribution >= 0.6 is 0 Å². The van der Waals surface area contributed by atoms with Crippen molar-refractivity contribution in [1.82, 2.24) is 4.90 Å². The smallest absolute Gasteiger partial charge is 0.222 e. The molecule has 1 aromatic rings. The molecule has 1 amide bonds. The van der Waals surface area contributed by atoms with Crippen LogP contribution in [0.15, 0.2) is 30.8 Å². The SMILES string of the molecule is C=Cc1cccc(CCN2CCCC2=O)c1. The van der Waals surface area contributed by atoms with Gasteiger partial charge in [0.2, 0.25) is 5.91 Å².